The summed E-state index contributed by atoms with van der Waals surface area (Å²) in [6, 6.07) is -8.90. The lowest BCUT2D eigenvalue weighted by atomic mass is 10.0. The number of carboxylic acid groups (broad SMARTS) is 2. The number of aliphatic hydroxyl groups excluding tert-OH is 1. The molecule has 14 atom stereocenters. The number of nitrogens with two attached hydrogens (primary N) is 2. The van der Waals surface area contributed by atoms with Gasteiger partial charge < -0.3 is 106 Å². The Kier molecular flexibility index (Phi) is 61.0. The van der Waals surface area contributed by atoms with E-state index in [0.717, 1.165) is 11.8 Å². The number of likely N-dealkylation sites (tertiary alicyclic amines) is 1. The van der Waals surface area contributed by atoms with Gasteiger partial charge in [-0.05, 0) is 68.5 Å². The lowest BCUT2D eigenvalue weighted by Crippen LogP contribution is -2.61. The molecule has 1 fully saturated rings. The van der Waals surface area contributed by atoms with Crippen molar-refractivity contribution in [2.45, 2.75) is 185 Å². The summed E-state index contributed by atoms with van der Waals surface area (Å²) >= 11 is 24.6. The third kappa shape index (κ3) is 46.1. The molecule has 0 radical (unpaired) electrons. The fourth-order valence-electron chi connectivity index (χ4n) is 9.91. The molecule has 2 aromatic rings. The summed E-state index contributed by atoms with van der Waals surface area (Å²) in [6.07, 6.45) is -4.01. The first kappa shape index (κ1) is 113. The number of rotatable bonds is 51. The quantitative estimate of drug-likeness (QED) is 0.0229. The number of primary amides is 1. The van der Waals surface area contributed by atoms with Crippen LogP contribution in [0.4, 0.5) is 0 Å². The van der Waals surface area contributed by atoms with Crippen molar-refractivity contribution in [3.8, 4) is 11.5 Å². The monoisotopic (exact) mass is 1900 g/mol. The molecule has 672 valence electrons. The van der Waals surface area contributed by atoms with Crippen LogP contribution in [0, 0.1) is 0 Å². The molecule has 0 bridgehead atoms. The van der Waals surface area contributed by atoms with Crippen LogP contribution in [0.15, 0.2) is 48.5 Å². The Bertz CT molecular complexity index is 3510. The van der Waals surface area contributed by atoms with Crippen molar-refractivity contribution in [2.24, 2.45) is 11.5 Å². The van der Waals surface area contributed by atoms with E-state index in [4.69, 9.17) is 11.5 Å². The van der Waals surface area contributed by atoms with Crippen molar-refractivity contribution in [3.05, 3.63) is 59.7 Å². The number of aliphatic carboxylic acids is 2. The summed E-state index contributed by atoms with van der Waals surface area (Å²) in [7, 11) is 11.5. The maximum absolute atomic E-state index is 14.2. The van der Waals surface area contributed by atoms with Crippen molar-refractivity contribution in [3.63, 3.8) is 0 Å². The largest absolute Gasteiger partial charge is 0.508 e. The second kappa shape index (κ2) is 64.5. The zero-order valence-corrected chi connectivity index (χ0v) is 77.3. The number of hydrogen-bond donors (Lipinski definition) is 25. The predicted octanol–water partition coefficient (Wildman–Crippen LogP) is -0.323. The Labute approximate surface area is 749 Å². The molecule has 3 rings (SSSR count). The number of carbonyl (C=O) groups excluding carboxylic acids is 14. The molecule has 2 aromatic carbocycles. The molecule has 3 unspecified atom stereocenters. The zero-order valence-electron chi connectivity index (χ0n) is 67.1. The van der Waals surface area contributed by atoms with Gasteiger partial charge in [-0.3, -0.25) is 71.9 Å². The smallest absolute Gasteiger partial charge is 0.326 e. The van der Waals surface area contributed by atoms with Crippen LogP contribution in [0.2, 0.25) is 0 Å². The second-order valence-corrected chi connectivity index (χ2v) is 36.6. The summed E-state index contributed by atoms with van der Waals surface area (Å²) in [5.74, 6) is -11.9. The lowest BCUT2D eigenvalue weighted by molar-refractivity contribution is -0.143. The highest BCUT2D eigenvalue weighted by molar-refractivity contribution is 8.77. The average molecular weight is 1900 g/mol. The molecule has 48 heteroatoms. The van der Waals surface area contributed by atoms with Crippen LogP contribution in [0.1, 0.15) is 98.6 Å². The van der Waals surface area contributed by atoms with Gasteiger partial charge in [0, 0.05) is 94.8 Å². The molecule has 0 aliphatic carbocycles. The van der Waals surface area contributed by atoms with Gasteiger partial charge in [-0.1, -0.05) is 131 Å². The SMILES string of the molecule is CCSSCC.CCSSCC.CCSSCC.C[C@H](NC(=O)[C@@H]1CCCN1C(=O)C(CC(N)=O)NC(=O)[C@H](CS)NC(=O)C(CS)NC(=O)[C@H](Cc1ccc(O)cc1)NC(=O)C(CCC(=O)O)NC(=O)[C@H](CS)NC(=O)[C@@H](N)CS)C(=O)N[C@@H](CS)C(=O)N[C@H](C(=O)NCC(=O)N[C@@H](CS)C(=O)N[C@@H](Cc1ccc(O)cc1)C(=O)O)[C@@H](C)O. The number of aliphatic hydroxyl groups is 1. The maximum Gasteiger partial charge on any atom is 0.326 e. The van der Waals surface area contributed by atoms with Crippen LogP contribution < -0.4 is 75.3 Å². The minimum absolute atomic E-state index is 0.00496. The van der Waals surface area contributed by atoms with E-state index in [1.165, 1.54) is 90.0 Å². The molecule has 1 saturated heterocycles. The van der Waals surface area contributed by atoms with Crippen LogP contribution in [0.25, 0.3) is 0 Å². The van der Waals surface area contributed by atoms with E-state index < -0.39 is 222 Å². The van der Waals surface area contributed by atoms with E-state index in [1.54, 1.807) is 0 Å². The zero-order chi connectivity index (χ0) is 90.4. The first-order chi connectivity index (χ1) is 56.3. The van der Waals surface area contributed by atoms with E-state index in [0.29, 0.717) is 11.1 Å². The Balaban J connectivity index is 0.00000691. The standard InChI is InChI=1S/C59H85N15O21S6.3C4H10S2/c1-26(47(82)69-41(25-101)55(90)73-46(27(2)75)57(92)62-19-44(79)64-37(21-97)51(86)68-36(59(94)95)17-29-7-11-31(77)12-8-29)63-56(91)42-4-3-15-74(42)58(93)35(18-43(61)78)67-53(88)39(23-99)72-54(89)40(24-100)71-50(85)34(16-28-5-9-30(76)10-6-28)66-49(84)33(13-14-45(80)81)65-52(87)38(22-98)70-48(83)32(60)20-96;3*1-3-5-6-4-2/h5-12,26-27,32-42,46,75-77,96-101H,3-4,13-25,60H2,1-2H3,(H2,61,78)(H,62,92)(H,63,91)(H,64,79)(H,65,87)(H,66,84)(H,67,88)(H,68,86)(H,69,82)(H,70,83)(H,71,85)(H,72,89)(H,73,90)(H,80,81)(H,94,95);3*3-4H2,1-2H3/t26-,27+,32-,33?,34-,35?,36-,37-,38-,39-,40?,41-,42-,46-;;;/m0.../s1. The molecule has 21 N–H and O–H groups in total. The van der Waals surface area contributed by atoms with Crippen LogP contribution in [0.3, 0.4) is 0 Å². The first-order valence-electron chi connectivity index (χ1n) is 37.4. The Morgan fingerprint density at radius 1 is 0.454 bits per heavy atom. The van der Waals surface area contributed by atoms with Gasteiger partial charge in [0.25, 0.3) is 0 Å². The fourth-order valence-corrected chi connectivity index (χ4v) is 15.4. The molecule has 14 amide bonds. The van der Waals surface area contributed by atoms with Gasteiger partial charge in [0.05, 0.1) is 25.1 Å². The number of benzene rings is 2. The molecule has 1 aliphatic rings. The van der Waals surface area contributed by atoms with Crippen molar-refractivity contribution in [2.75, 3.05) is 82.1 Å². The van der Waals surface area contributed by atoms with E-state index in [9.17, 15) is 102 Å². The van der Waals surface area contributed by atoms with Crippen LogP contribution in [-0.2, 0) is 89.6 Å². The number of carbonyl (C=O) groups is 16. The molecule has 0 saturated carbocycles. The summed E-state index contributed by atoms with van der Waals surface area (Å²) in [6.45, 7) is 14.4. The predicted molar refractivity (Wildman–Crippen MR) is 488 cm³/mol. The van der Waals surface area contributed by atoms with Gasteiger partial charge in [0.15, 0.2) is 0 Å². The topological polar surface area (TPSA) is 574 Å². The number of amides is 14. The van der Waals surface area contributed by atoms with Crippen molar-refractivity contribution < 1.29 is 102 Å². The third-order valence-corrected chi connectivity index (χ3v) is 25.8. The summed E-state index contributed by atoms with van der Waals surface area (Å²) in [5.41, 5.74) is 12.0. The summed E-state index contributed by atoms with van der Waals surface area (Å²) in [4.78, 5) is 213. The normalized spacial score (nSPS) is 15.3. The number of phenolic OH excluding ortho intramolecular Hbond substituents is 2. The summed E-state index contributed by atoms with van der Waals surface area (Å²) < 4.78 is 0. The molecule has 1 aliphatic heterocycles. The number of thiol groups is 6. The Morgan fingerprint density at radius 2 is 0.807 bits per heavy atom. The van der Waals surface area contributed by atoms with Gasteiger partial charge in [-0.2, -0.15) is 75.8 Å². The molecule has 0 aromatic heterocycles. The highest BCUT2D eigenvalue weighted by atomic mass is 33.1. The first-order valence-corrected chi connectivity index (χ1v) is 48.6. The average Bonchev–Trinajstić information content (AvgIpc) is 1.71. The van der Waals surface area contributed by atoms with Crippen molar-refractivity contribution in [1.82, 2.24) is 68.7 Å². The van der Waals surface area contributed by atoms with E-state index in [1.807, 2.05) is 64.8 Å². The third-order valence-electron chi connectivity index (χ3n) is 16.0. The number of phenols is 2. The maximum atomic E-state index is 14.2. The Hall–Kier alpha value is -6.32. The van der Waals surface area contributed by atoms with E-state index in [-0.39, 0.29) is 61.0 Å². The molecule has 119 heavy (non-hydrogen) atoms. The minimum atomic E-state index is -1.78. The number of aromatic hydroxyl groups is 2. The molecule has 1 heterocycles. The van der Waals surface area contributed by atoms with Crippen molar-refractivity contribution >= 4 is 235 Å². The highest BCUT2D eigenvalue weighted by Crippen LogP contribution is 2.23. The second-order valence-electron chi connectivity index (χ2n) is 25.3. The molecule has 36 nitrogen and oxygen atoms in total. The highest BCUT2D eigenvalue weighted by Gasteiger charge is 2.41. The van der Waals surface area contributed by atoms with Crippen LogP contribution in [0.5, 0.6) is 11.5 Å². The fraction of sp³-hybridized carbons (Fsp3) is 0.606. The molecule has 0 spiro atoms. The Morgan fingerprint density at radius 3 is 1.19 bits per heavy atom. The van der Waals surface area contributed by atoms with Crippen molar-refractivity contribution in [1.29, 1.82) is 0 Å². The van der Waals surface area contributed by atoms with E-state index in [2.05, 4.69) is 181 Å². The van der Waals surface area contributed by atoms with Gasteiger partial charge in [-0.15, -0.1) is 0 Å². The minimum Gasteiger partial charge on any atom is -0.508 e. The van der Waals surface area contributed by atoms with Gasteiger partial charge in [0.1, 0.15) is 84.0 Å². The molecular weight excluding hydrogens is 1780 g/mol. The van der Waals surface area contributed by atoms with Gasteiger partial charge >= 0.3 is 11.9 Å². The van der Waals surface area contributed by atoms with Gasteiger partial charge in [0.2, 0.25) is 82.7 Å². The molecular formula is C71H115N15O21S12. The summed E-state index contributed by atoms with van der Waals surface area (Å²) in [5, 5.41) is 77.2. The number of nitrogens with one attached hydrogen (secondary N) is 12. The van der Waals surface area contributed by atoms with Crippen LogP contribution >= 0.6 is 141 Å². The van der Waals surface area contributed by atoms with Gasteiger partial charge in [-0.25, -0.2) is 4.79 Å². The number of carboxylic acids is 2. The lowest BCUT2D eigenvalue weighted by Gasteiger charge is -2.30. The van der Waals surface area contributed by atoms with Crippen LogP contribution in [-0.4, -0.2) is 292 Å². The number of hydrogen-bond acceptors (Lipinski definition) is 32. The number of nitrogens with zero attached hydrogens (tertiary/aromatic N) is 1. The van der Waals surface area contributed by atoms with E-state index >= 15 is 0 Å².